The Labute approximate surface area is 171 Å². The number of benzene rings is 1. The molecule has 0 saturated carbocycles. The predicted octanol–water partition coefficient (Wildman–Crippen LogP) is 4.40. The zero-order valence-electron chi connectivity index (χ0n) is 17.7. The maximum absolute atomic E-state index is 6.01. The van der Waals surface area contributed by atoms with Gasteiger partial charge in [-0.1, -0.05) is 12.8 Å². The van der Waals surface area contributed by atoms with Crippen molar-refractivity contribution in [3.05, 3.63) is 24.3 Å². The fourth-order valence-electron chi connectivity index (χ4n) is 5.20. The number of hydrogen-bond donors (Lipinski definition) is 0. The molecule has 3 aliphatic heterocycles. The van der Waals surface area contributed by atoms with Crippen molar-refractivity contribution >= 4 is 5.69 Å². The zero-order valence-corrected chi connectivity index (χ0v) is 17.7. The number of nitrogens with zero attached hydrogens (tertiary/aromatic N) is 3. The molecule has 28 heavy (non-hydrogen) atoms. The van der Waals surface area contributed by atoms with Crippen LogP contribution >= 0.6 is 0 Å². The van der Waals surface area contributed by atoms with Gasteiger partial charge in [-0.2, -0.15) is 0 Å². The van der Waals surface area contributed by atoms with Gasteiger partial charge in [0.1, 0.15) is 5.75 Å². The Kier molecular flexibility index (Phi) is 7.51. The van der Waals surface area contributed by atoms with Gasteiger partial charge < -0.3 is 19.4 Å². The molecular formula is C24H39N3O. The van der Waals surface area contributed by atoms with Crippen LogP contribution in [0.1, 0.15) is 57.8 Å². The quantitative estimate of drug-likeness (QED) is 0.618. The van der Waals surface area contributed by atoms with E-state index in [2.05, 4.69) is 39.0 Å². The summed E-state index contributed by atoms with van der Waals surface area (Å²) < 4.78 is 6.01. The lowest BCUT2D eigenvalue weighted by atomic mass is 10.1. The molecule has 0 bridgehead atoms. The molecule has 0 amide bonds. The fourth-order valence-corrected chi connectivity index (χ4v) is 5.20. The van der Waals surface area contributed by atoms with Crippen LogP contribution in [0.25, 0.3) is 0 Å². The third-order valence-electron chi connectivity index (χ3n) is 6.80. The van der Waals surface area contributed by atoms with Gasteiger partial charge in [0, 0.05) is 31.4 Å². The molecule has 156 valence electrons. The summed E-state index contributed by atoms with van der Waals surface area (Å²) in [7, 11) is 0. The lowest BCUT2D eigenvalue weighted by Crippen LogP contribution is -2.42. The summed E-state index contributed by atoms with van der Waals surface area (Å²) in [5.41, 5.74) is 1.38. The Morgan fingerprint density at radius 3 is 2.14 bits per heavy atom. The Hall–Kier alpha value is -1.26. The molecule has 1 aromatic carbocycles. The second kappa shape index (κ2) is 10.5. The summed E-state index contributed by atoms with van der Waals surface area (Å²) in [4.78, 5) is 7.91. The van der Waals surface area contributed by atoms with Crippen molar-refractivity contribution < 1.29 is 4.74 Å². The first-order valence-corrected chi connectivity index (χ1v) is 11.8. The smallest absolute Gasteiger partial charge is 0.119 e. The highest BCUT2D eigenvalue weighted by atomic mass is 16.5. The SMILES string of the molecule is c1cc(N2CCC[C@H]2CN2CCCCC2)ccc1OCCCN1CCCCC1. The van der Waals surface area contributed by atoms with E-state index in [9.17, 15) is 0 Å². The zero-order chi connectivity index (χ0) is 19.0. The van der Waals surface area contributed by atoms with Crippen molar-refractivity contribution in [2.45, 2.75) is 63.8 Å². The van der Waals surface area contributed by atoms with Gasteiger partial charge in [0.15, 0.2) is 0 Å². The summed E-state index contributed by atoms with van der Waals surface area (Å²) in [6, 6.07) is 9.58. The van der Waals surface area contributed by atoms with Crippen LogP contribution in [-0.4, -0.2) is 68.3 Å². The molecule has 0 spiro atoms. The Morgan fingerprint density at radius 2 is 1.43 bits per heavy atom. The molecule has 3 fully saturated rings. The number of rotatable bonds is 8. The summed E-state index contributed by atoms with van der Waals surface area (Å²) in [6.07, 6.45) is 12.1. The van der Waals surface area contributed by atoms with Crippen molar-refractivity contribution in [3.8, 4) is 5.75 Å². The molecule has 3 saturated heterocycles. The molecule has 0 unspecified atom stereocenters. The van der Waals surface area contributed by atoms with Crippen molar-refractivity contribution in [2.24, 2.45) is 0 Å². The van der Waals surface area contributed by atoms with Gasteiger partial charge in [-0.15, -0.1) is 0 Å². The monoisotopic (exact) mass is 385 g/mol. The molecule has 4 nitrogen and oxygen atoms in total. The third-order valence-corrected chi connectivity index (χ3v) is 6.80. The van der Waals surface area contributed by atoms with E-state index >= 15 is 0 Å². The second-order valence-corrected chi connectivity index (χ2v) is 8.95. The molecular weight excluding hydrogens is 346 g/mol. The minimum atomic E-state index is 0.689. The number of anilines is 1. The maximum atomic E-state index is 6.01. The van der Waals surface area contributed by atoms with Crippen molar-refractivity contribution in [3.63, 3.8) is 0 Å². The minimum absolute atomic E-state index is 0.689. The summed E-state index contributed by atoms with van der Waals surface area (Å²) >= 11 is 0. The second-order valence-electron chi connectivity index (χ2n) is 8.95. The van der Waals surface area contributed by atoms with Gasteiger partial charge in [-0.25, -0.2) is 0 Å². The van der Waals surface area contributed by atoms with Crippen LogP contribution in [0.4, 0.5) is 5.69 Å². The largest absolute Gasteiger partial charge is 0.494 e. The Morgan fingerprint density at radius 1 is 0.750 bits per heavy atom. The van der Waals surface area contributed by atoms with Crippen LogP contribution in [0.15, 0.2) is 24.3 Å². The summed E-state index contributed by atoms with van der Waals surface area (Å²) in [5, 5.41) is 0. The first-order valence-electron chi connectivity index (χ1n) is 11.8. The minimum Gasteiger partial charge on any atom is -0.494 e. The molecule has 3 aliphatic rings. The van der Waals surface area contributed by atoms with Gasteiger partial charge >= 0.3 is 0 Å². The molecule has 4 heteroatoms. The lowest BCUT2D eigenvalue weighted by molar-refractivity contribution is 0.205. The first kappa shape index (κ1) is 20.0. The van der Waals surface area contributed by atoms with Gasteiger partial charge in [0.25, 0.3) is 0 Å². The average Bonchev–Trinajstić information content (AvgIpc) is 3.21. The van der Waals surface area contributed by atoms with Gasteiger partial charge in [-0.05, 0) is 95.4 Å². The molecule has 3 heterocycles. The molecule has 0 aromatic heterocycles. The van der Waals surface area contributed by atoms with E-state index in [1.54, 1.807) is 0 Å². The lowest BCUT2D eigenvalue weighted by Gasteiger charge is -2.34. The predicted molar refractivity (Wildman–Crippen MR) is 118 cm³/mol. The van der Waals surface area contributed by atoms with Crippen LogP contribution in [0.5, 0.6) is 5.75 Å². The average molecular weight is 386 g/mol. The van der Waals surface area contributed by atoms with Crippen LogP contribution in [0.3, 0.4) is 0 Å². The van der Waals surface area contributed by atoms with E-state index in [1.807, 2.05) is 0 Å². The molecule has 4 rings (SSSR count). The number of hydrogen-bond acceptors (Lipinski definition) is 4. The molecule has 0 N–H and O–H groups in total. The van der Waals surface area contributed by atoms with Gasteiger partial charge in [0.2, 0.25) is 0 Å². The van der Waals surface area contributed by atoms with E-state index in [1.165, 1.54) is 103 Å². The normalized spacial score (nSPS) is 24.6. The standard InChI is InChI=1S/C24H39N3O/c1-3-14-25(15-4-1)18-8-20-28-24-12-10-22(11-13-24)27-19-7-9-23(27)21-26-16-5-2-6-17-26/h10-13,23H,1-9,14-21H2/t23-/m0/s1. The number of likely N-dealkylation sites (tertiary alicyclic amines) is 2. The fraction of sp³-hybridized carbons (Fsp3) is 0.750. The van der Waals surface area contributed by atoms with Crippen LogP contribution in [0, 0.1) is 0 Å². The first-order chi connectivity index (χ1) is 13.9. The summed E-state index contributed by atoms with van der Waals surface area (Å²) in [6.45, 7) is 9.62. The Balaban J connectivity index is 1.21. The third kappa shape index (κ3) is 5.64. The van der Waals surface area contributed by atoms with E-state index in [0.29, 0.717) is 6.04 Å². The van der Waals surface area contributed by atoms with E-state index in [-0.39, 0.29) is 0 Å². The summed E-state index contributed by atoms with van der Waals surface area (Å²) in [5.74, 6) is 1.02. The van der Waals surface area contributed by atoms with Crippen LogP contribution in [0.2, 0.25) is 0 Å². The Bertz CT molecular complexity index is 564. The maximum Gasteiger partial charge on any atom is 0.119 e. The van der Waals surface area contributed by atoms with Crippen molar-refractivity contribution in [2.75, 3.05) is 57.3 Å². The highest BCUT2D eigenvalue weighted by molar-refractivity contribution is 5.51. The van der Waals surface area contributed by atoms with Crippen molar-refractivity contribution in [1.29, 1.82) is 0 Å². The molecule has 0 aliphatic carbocycles. The van der Waals surface area contributed by atoms with E-state index in [0.717, 1.165) is 18.8 Å². The van der Waals surface area contributed by atoms with Gasteiger partial charge in [0.05, 0.1) is 6.61 Å². The molecule has 1 aromatic rings. The molecule has 0 radical (unpaired) electrons. The highest BCUT2D eigenvalue weighted by Gasteiger charge is 2.27. The van der Waals surface area contributed by atoms with E-state index < -0.39 is 0 Å². The highest BCUT2D eigenvalue weighted by Crippen LogP contribution is 2.28. The van der Waals surface area contributed by atoms with Crippen molar-refractivity contribution in [1.82, 2.24) is 9.80 Å². The van der Waals surface area contributed by atoms with Crippen LogP contribution in [-0.2, 0) is 0 Å². The number of piperidine rings is 2. The number of ether oxygens (including phenoxy) is 1. The topological polar surface area (TPSA) is 19.0 Å². The van der Waals surface area contributed by atoms with Crippen LogP contribution < -0.4 is 9.64 Å². The van der Waals surface area contributed by atoms with Gasteiger partial charge in [-0.3, -0.25) is 0 Å². The molecule has 1 atom stereocenters. The van der Waals surface area contributed by atoms with E-state index in [4.69, 9.17) is 4.74 Å².